The fourth-order valence-corrected chi connectivity index (χ4v) is 2.97. The first-order valence-corrected chi connectivity index (χ1v) is 7.62. The quantitative estimate of drug-likeness (QED) is 0.906. The normalized spacial score (nSPS) is 22.2. The van der Waals surface area contributed by atoms with E-state index in [1.54, 1.807) is 0 Å². The van der Waals surface area contributed by atoms with Crippen molar-refractivity contribution in [3.05, 3.63) is 41.0 Å². The maximum absolute atomic E-state index is 6.26. The highest BCUT2D eigenvalue weighted by Crippen LogP contribution is 2.49. The van der Waals surface area contributed by atoms with Gasteiger partial charge < -0.3 is 5.32 Å². The van der Waals surface area contributed by atoms with E-state index in [4.69, 9.17) is 11.6 Å². The number of nitrogens with one attached hydrogen (secondary N) is 1. The van der Waals surface area contributed by atoms with E-state index in [2.05, 4.69) is 43.2 Å². The van der Waals surface area contributed by atoms with Gasteiger partial charge in [-0.25, -0.2) is 0 Å². The van der Waals surface area contributed by atoms with Crippen LogP contribution in [-0.2, 0) is 0 Å². The summed E-state index contributed by atoms with van der Waals surface area (Å²) in [6, 6.07) is 8.16. The Balaban J connectivity index is 1.81. The summed E-state index contributed by atoms with van der Waals surface area (Å²) in [7, 11) is 0. The minimum atomic E-state index is 0.188. The Morgan fingerprint density at radius 3 is 2.85 bits per heavy atom. The number of aromatic nitrogens is 1. The average molecular weight is 289 g/mol. The number of fused-ring (bicyclic) bond motifs is 1. The molecule has 0 amide bonds. The van der Waals surface area contributed by atoms with Gasteiger partial charge in [0.2, 0.25) is 0 Å². The summed E-state index contributed by atoms with van der Waals surface area (Å²) in [6.45, 7) is 7.71. The van der Waals surface area contributed by atoms with E-state index in [1.807, 2.05) is 18.3 Å². The lowest BCUT2D eigenvalue weighted by molar-refractivity contribution is 0.414. The Labute approximate surface area is 125 Å². The van der Waals surface area contributed by atoms with Crippen LogP contribution in [0.15, 0.2) is 30.5 Å². The fraction of sp³-hybridized carbons (Fsp3) is 0.471. The smallest absolute Gasteiger partial charge is 0.0751 e. The molecule has 3 rings (SSSR count). The van der Waals surface area contributed by atoms with Crippen molar-refractivity contribution in [1.29, 1.82) is 0 Å². The summed E-state index contributed by atoms with van der Waals surface area (Å²) < 4.78 is 0. The van der Waals surface area contributed by atoms with Crippen molar-refractivity contribution < 1.29 is 0 Å². The highest BCUT2D eigenvalue weighted by Gasteiger charge is 2.39. The molecule has 106 valence electrons. The van der Waals surface area contributed by atoms with Crippen LogP contribution in [0.1, 0.15) is 38.7 Å². The van der Waals surface area contributed by atoms with Crippen LogP contribution in [0.5, 0.6) is 0 Å². The molecule has 1 aliphatic rings. The van der Waals surface area contributed by atoms with Gasteiger partial charge in [0.15, 0.2) is 0 Å². The van der Waals surface area contributed by atoms with Gasteiger partial charge in [-0.15, -0.1) is 0 Å². The molecule has 2 unspecified atom stereocenters. The number of halogens is 1. The number of hydrogen-bond donors (Lipinski definition) is 1. The van der Waals surface area contributed by atoms with Gasteiger partial charge in [-0.1, -0.05) is 17.7 Å². The van der Waals surface area contributed by atoms with Crippen LogP contribution in [0.25, 0.3) is 10.9 Å². The first-order valence-electron chi connectivity index (χ1n) is 7.24. The van der Waals surface area contributed by atoms with Crippen molar-refractivity contribution in [2.24, 2.45) is 5.92 Å². The molecule has 0 saturated heterocycles. The zero-order chi connectivity index (χ0) is 14.3. The third kappa shape index (κ3) is 2.82. The van der Waals surface area contributed by atoms with E-state index in [0.717, 1.165) is 28.4 Å². The number of pyridine rings is 1. The van der Waals surface area contributed by atoms with Crippen molar-refractivity contribution in [2.75, 3.05) is 6.54 Å². The van der Waals surface area contributed by atoms with Crippen molar-refractivity contribution in [3.8, 4) is 0 Å². The van der Waals surface area contributed by atoms with Crippen molar-refractivity contribution >= 4 is 22.5 Å². The van der Waals surface area contributed by atoms with Crippen LogP contribution in [0.3, 0.4) is 0 Å². The van der Waals surface area contributed by atoms with Crippen LogP contribution in [0.2, 0.25) is 5.02 Å². The molecule has 0 bridgehead atoms. The first kappa shape index (κ1) is 13.8. The molecule has 1 fully saturated rings. The monoisotopic (exact) mass is 288 g/mol. The summed E-state index contributed by atoms with van der Waals surface area (Å²) in [5.74, 6) is 1.35. The molecule has 2 aromatic rings. The van der Waals surface area contributed by atoms with Gasteiger partial charge in [-0.05, 0) is 69.3 Å². The van der Waals surface area contributed by atoms with Gasteiger partial charge in [0.25, 0.3) is 0 Å². The molecule has 2 atom stereocenters. The topological polar surface area (TPSA) is 24.9 Å². The molecule has 1 saturated carbocycles. The van der Waals surface area contributed by atoms with E-state index in [0.29, 0.717) is 5.92 Å². The lowest BCUT2D eigenvalue weighted by atomic mass is 10.0. The van der Waals surface area contributed by atoms with Gasteiger partial charge >= 0.3 is 0 Å². The minimum absolute atomic E-state index is 0.188. The van der Waals surface area contributed by atoms with E-state index >= 15 is 0 Å². The third-order valence-electron chi connectivity index (χ3n) is 3.96. The number of hydrogen-bond acceptors (Lipinski definition) is 2. The van der Waals surface area contributed by atoms with Crippen molar-refractivity contribution in [2.45, 2.75) is 38.6 Å². The second-order valence-corrected chi connectivity index (χ2v) is 7.18. The summed E-state index contributed by atoms with van der Waals surface area (Å²) >= 11 is 6.26. The first-order chi connectivity index (χ1) is 9.46. The number of rotatable bonds is 3. The van der Waals surface area contributed by atoms with Gasteiger partial charge in [0.05, 0.1) is 5.52 Å². The molecule has 2 nitrogen and oxygen atoms in total. The van der Waals surface area contributed by atoms with Crippen LogP contribution in [0, 0.1) is 5.92 Å². The number of nitrogens with zero attached hydrogens (tertiary/aromatic N) is 1. The summed E-state index contributed by atoms with van der Waals surface area (Å²) in [5.41, 5.74) is 2.61. The molecule has 1 heterocycles. The summed E-state index contributed by atoms with van der Waals surface area (Å²) in [5, 5.41) is 5.46. The Hall–Kier alpha value is -1.12. The highest BCUT2D eigenvalue weighted by atomic mass is 35.5. The lowest BCUT2D eigenvalue weighted by Gasteiger charge is -2.20. The SMILES string of the molecule is CC(C)(C)NCC1CC1c1ccc(Cl)c2cccnc12. The standard InChI is InChI=1S/C17H21ClN2/c1-17(2,3)20-10-11-9-14(11)12-6-7-15(18)13-5-4-8-19-16(12)13/h4-8,11,14,20H,9-10H2,1-3H3. The zero-order valence-corrected chi connectivity index (χ0v) is 13.0. The average Bonchev–Trinajstić information content (AvgIpc) is 3.16. The second kappa shape index (κ2) is 5.01. The van der Waals surface area contributed by atoms with Gasteiger partial charge in [-0.3, -0.25) is 4.98 Å². The second-order valence-electron chi connectivity index (χ2n) is 6.77. The molecule has 1 aliphatic carbocycles. The Kier molecular flexibility index (Phi) is 3.47. The van der Waals surface area contributed by atoms with E-state index in [9.17, 15) is 0 Å². The summed E-state index contributed by atoms with van der Waals surface area (Å²) in [6.07, 6.45) is 3.10. The predicted molar refractivity (Wildman–Crippen MR) is 85.4 cm³/mol. The highest BCUT2D eigenvalue weighted by molar-refractivity contribution is 6.35. The van der Waals surface area contributed by atoms with Crippen LogP contribution < -0.4 is 5.32 Å². The molecule has 20 heavy (non-hydrogen) atoms. The van der Waals surface area contributed by atoms with Crippen LogP contribution in [-0.4, -0.2) is 17.1 Å². The Bertz CT molecular complexity index is 630. The molecule has 1 aromatic heterocycles. The maximum atomic E-state index is 6.26. The predicted octanol–water partition coefficient (Wildman–Crippen LogP) is 4.38. The third-order valence-corrected chi connectivity index (χ3v) is 4.29. The zero-order valence-electron chi connectivity index (χ0n) is 12.3. The van der Waals surface area contributed by atoms with Gasteiger partial charge in [0, 0.05) is 22.1 Å². The Morgan fingerprint density at radius 1 is 1.30 bits per heavy atom. The van der Waals surface area contributed by atoms with E-state index in [-0.39, 0.29) is 5.54 Å². The Morgan fingerprint density at radius 2 is 2.10 bits per heavy atom. The molecule has 1 N–H and O–H groups in total. The lowest BCUT2D eigenvalue weighted by Crippen LogP contribution is -2.37. The van der Waals surface area contributed by atoms with Crippen molar-refractivity contribution in [3.63, 3.8) is 0 Å². The number of benzene rings is 1. The van der Waals surface area contributed by atoms with Crippen molar-refractivity contribution in [1.82, 2.24) is 10.3 Å². The van der Waals surface area contributed by atoms with E-state index < -0.39 is 0 Å². The molecule has 1 aromatic carbocycles. The molecular weight excluding hydrogens is 268 g/mol. The molecule has 3 heteroatoms. The fourth-order valence-electron chi connectivity index (χ4n) is 2.75. The molecule has 0 radical (unpaired) electrons. The van der Waals surface area contributed by atoms with Crippen LogP contribution >= 0.6 is 11.6 Å². The van der Waals surface area contributed by atoms with E-state index in [1.165, 1.54) is 12.0 Å². The van der Waals surface area contributed by atoms with Crippen LogP contribution in [0.4, 0.5) is 0 Å². The molecule has 0 spiro atoms. The minimum Gasteiger partial charge on any atom is -0.312 e. The maximum Gasteiger partial charge on any atom is 0.0751 e. The summed E-state index contributed by atoms with van der Waals surface area (Å²) in [4.78, 5) is 4.54. The largest absolute Gasteiger partial charge is 0.312 e. The van der Waals surface area contributed by atoms with Gasteiger partial charge in [0.1, 0.15) is 0 Å². The molecular formula is C17H21ClN2. The molecule has 0 aliphatic heterocycles. The van der Waals surface area contributed by atoms with Gasteiger partial charge in [-0.2, -0.15) is 0 Å².